The molecule has 1 unspecified atom stereocenters. The highest BCUT2D eigenvalue weighted by atomic mass is 35.5. The lowest BCUT2D eigenvalue weighted by Crippen LogP contribution is -2.53. The Morgan fingerprint density at radius 2 is 1.60 bits per heavy atom. The molecule has 11 heteroatoms. The number of sulfonamides is 1. The van der Waals surface area contributed by atoms with Gasteiger partial charge in [0, 0.05) is 19.5 Å². The standard InChI is InChI=1S/C29H33Cl2N3O5S/c1-4-32-29(36)27(18-21-9-7-6-8-10-21)33(19-22-11-16-25(30)26(31)17-22)28(35)20-34(40(3,37)38)23-12-14-24(15-13-23)39-5-2/h6-17,27H,4-5,18-20H2,1-3H3,(H,32,36). The Hall–Kier alpha value is -3.27. The summed E-state index contributed by atoms with van der Waals surface area (Å²) in [4.78, 5) is 28.7. The molecule has 3 rings (SSSR count). The molecule has 1 atom stereocenters. The number of hydrogen-bond acceptors (Lipinski definition) is 5. The molecule has 0 spiro atoms. The zero-order chi connectivity index (χ0) is 29.3. The molecular weight excluding hydrogens is 573 g/mol. The van der Waals surface area contributed by atoms with Gasteiger partial charge in [0.1, 0.15) is 18.3 Å². The third-order valence-electron chi connectivity index (χ3n) is 6.07. The van der Waals surface area contributed by atoms with E-state index in [1.165, 1.54) is 4.90 Å². The van der Waals surface area contributed by atoms with Crippen LogP contribution in [0.1, 0.15) is 25.0 Å². The second-order valence-electron chi connectivity index (χ2n) is 9.07. The highest BCUT2D eigenvalue weighted by molar-refractivity contribution is 7.92. The molecule has 0 aliphatic rings. The molecule has 0 heterocycles. The van der Waals surface area contributed by atoms with E-state index in [1.807, 2.05) is 37.3 Å². The SMILES string of the molecule is CCNC(=O)C(Cc1ccccc1)N(Cc1ccc(Cl)c(Cl)c1)C(=O)CN(c1ccc(OCC)cc1)S(C)(=O)=O. The van der Waals surface area contributed by atoms with Gasteiger partial charge < -0.3 is 15.0 Å². The first-order valence-electron chi connectivity index (χ1n) is 12.8. The molecule has 0 saturated carbocycles. The molecule has 8 nitrogen and oxygen atoms in total. The van der Waals surface area contributed by atoms with Crippen LogP contribution in [0.3, 0.4) is 0 Å². The van der Waals surface area contributed by atoms with Gasteiger partial charge in [0.15, 0.2) is 0 Å². The monoisotopic (exact) mass is 605 g/mol. The van der Waals surface area contributed by atoms with Gasteiger partial charge in [0.25, 0.3) is 0 Å². The van der Waals surface area contributed by atoms with Gasteiger partial charge in [-0.15, -0.1) is 0 Å². The summed E-state index contributed by atoms with van der Waals surface area (Å²) in [5.74, 6) is -0.337. The van der Waals surface area contributed by atoms with Gasteiger partial charge in [-0.05, 0) is 61.4 Å². The van der Waals surface area contributed by atoms with Crippen molar-refractivity contribution < 1.29 is 22.7 Å². The number of nitrogens with zero attached hydrogens (tertiary/aromatic N) is 2. The predicted octanol–water partition coefficient (Wildman–Crippen LogP) is 4.93. The van der Waals surface area contributed by atoms with Gasteiger partial charge in [-0.1, -0.05) is 59.6 Å². The minimum atomic E-state index is -3.87. The van der Waals surface area contributed by atoms with Crippen LogP contribution in [-0.2, 0) is 32.6 Å². The minimum Gasteiger partial charge on any atom is -0.494 e. The van der Waals surface area contributed by atoms with Crippen molar-refractivity contribution in [2.24, 2.45) is 0 Å². The van der Waals surface area contributed by atoms with E-state index < -0.39 is 28.5 Å². The first kappa shape index (κ1) is 31.3. The maximum absolute atomic E-state index is 14.0. The Bertz CT molecular complexity index is 1400. The van der Waals surface area contributed by atoms with E-state index in [9.17, 15) is 18.0 Å². The summed E-state index contributed by atoms with van der Waals surface area (Å²) in [6.07, 6.45) is 1.26. The molecule has 3 aromatic rings. The summed E-state index contributed by atoms with van der Waals surface area (Å²) in [6, 6.07) is 19.8. The van der Waals surface area contributed by atoms with E-state index in [-0.39, 0.29) is 18.9 Å². The molecule has 2 amide bonds. The largest absolute Gasteiger partial charge is 0.494 e. The van der Waals surface area contributed by atoms with Crippen LogP contribution in [0.5, 0.6) is 5.75 Å². The molecule has 0 saturated heterocycles. The summed E-state index contributed by atoms with van der Waals surface area (Å²) in [7, 11) is -3.87. The van der Waals surface area contributed by atoms with E-state index in [2.05, 4.69) is 5.32 Å². The van der Waals surface area contributed by atoms with Crippen LogP contribution in [0.4, 0.5) is 5.69 Å². The summed E-state index contributed by atoms with van der Waals surface area (Å²) in [5.41, 5.74) is 1.78. The molecule has 3 aromatic carbocycles. The van der Waals surface area contributed by atoms with Crippen LogP contribution in [0, 0.1) is 0 Å². The van der Waals surface area contributed by atoms with E-state index in [0.29, 0.717) is 40.2 Å². The smallest absolute Gasteiger partial charge is 0.244 e. The van der Waals surface area contributed by atoms with Crippen LogP contribution in [0.15, 0.2) is 72.8 Å². The van der Waals surface area contributed by atoms with Crippen LogP contribution < -0.4 is 14.4 Å². The van der Waals surface area contributed by atoms with Crippen molar-refractivity contribution in [3.63, 3.8) is 0 Å². The Morgan fingerprint density at radius 1 is 0.925 bits per heavy atom. The van der Waals surface area contributed by atoms with Crippen LogP contribution in [0.25, 0.3) is 0 Å². The fourth-order valence-corrected chi connectivity index (χ4v) is 5.34. The zero-order valence-corrected chi connectivity index (χ0v) is 25.0. The van der Waals surface area contributed by atoms with Crippen molar-refractivity contribution in [2.45, 2.75) is 32.9 Å². The average Bonchev–Trinajstić information content (AvgIpc) is 2.92. The molecule has 1 N–H and O–H groups in total. The van der Waals surface area contributed by atoms with Gasteiger partial charge in [-0.25, -0.2) is 8.42 Å². The summed E-state index contributed by atoms with van der Waals surface area (Å²) in [6.45, 7) is 3.95. The average molecular weight is 607 g/mol. The minimum absolute atomic E-state index is 0.00519. The highest BCUT2D eigenvalue weighted by Crippen LogP contribution is 2.26. The van der Waals surface area contributed by atoms with Crippen molar-refractivity contribution in [2.75, 3.05) is 30.3 Å². The summed E-state index contributed by atoms with van der Waals surface area (Å²) < 4.78 is 32.2. The predicted molar refractivity (Wildman–Crippen MR) is 159 cm³/mol. The fourth-order valence-electron chi connectivity index (χ4n) is 4.17. The van der Waals surface area contributed by atoms with Crippen molar-refractivity contribution in [1.29, 1.82) is 0 Å². The number of anilines is 1. The maximum atomic E-state index is 14.0. The number of hydrogen-bond donors (Lipinski definition) is 1. The van der Waals surface area contributed by atoms with E-state index >= 15 is 0 Å². The zero-order valence-electron chi connectivity index (χ0n) is 22.6. The number of halogens is 2. The van der Waals surface area contributed by atoms with Gasteiger partial charge in [0.2, 0.25) is 21.8 Å². The molecular formula is C29H33Cl2N3O5S. The molecule has 0 aliphatic carbocycles. The second kappa shape index (κ2) is 14.4. The fraction of sp³-hybridized carbons (Fsp3) is 0.310. The number of ether oxygens (including phenoxy) is 1. The highest BCUT2D eigenvalue weighted by Gasteiger charge is 2.33. The molecule has 0 aliphatic heterocycles. The Balaban J connectivity index is 2.03. The number of benzene rings is 3. The topological polar surface area (TPSA) is 96.0 Å². The second-order valence-corrected chi connectivity index (χ2v) is 11.8. The van der Waals surface area contributed by atoms with Crippen LogP contribution in [-0.4, -0.2) is 57.1 Å². The molecule has 40 heavy (non-hydrogen) atoms. The molecule has 0 fully saturated rings. The summed E-state index contributed by atoms with van der Waals surface area (Å²) >= 11 is 12.3. The van der Waals surface area contributed by atoms with Gasteiger partial charge >= 0.3 is 0 Å². The number of rotatable bonds is 13. The van der Waals surface area contributed by atoms with Gasteiger partial charge in [0.05, 0.1) is 28.6 Å². The Morgan fingerprint density at radius 3 is 2.17 bits per heavy atom. The van der Waals surface area contributed by atoms with Crippen molar-refractivity contribution in [3.8, 4) is 5.75 Å². The van der Waals surface area contributed by atoms with Crippen molar-refractivity contribution in [3.05, 3.63) is 94.0 Å². The number of carbonyl (C=O) groups is 2. The van der Waals surface area contributed by atoms with Crippen LogP contribution in [0.2, 0.25) is 10.0 Å². The number of nitrogens with one attached hydrogen (secondary N) is 1. The lowest BCUT2D eigenvalue weighted by Gasteiger charge is -2.33. The van der Waals surface area contributed by atoms with E-state index in [0.717, 1.165) is 16.1 Å². The molecule has 0 bridgehead atoms. The van der Waals surface area contributed by atoms with Crippen molar-refractivity contribution >= 4 is 50.7 Å². The third-order valence-corrected chi connectivity index (χ3v) is 7.95. The quantitative estimate of drug-likeness (QED) is 0.298. The number of amides is 2. The summed E-state index contributed by atoms with van der Waals surface area (Å²) in [5, 5.41) is 3.47. The number of carbonyl (C=O) groups excluding carboxylic acids is 2. The Kier molecular flexibility index (Phi) is 11.2. The molecule has 0 aromatic heterocycles. The third kappa shape index (κ3) is 8.61. The van der Waals surface area contributed by atoms with Gasteiger partial charge in [-0.2, -0.15) is 0 Å². The van der Waals surface area contributed by atoms with E-state index in [4.69, 9.17) is 27.9 Å². The lowest BCUT2D eigenvalue weighted by molar-refractivity contribution is -0.140. The van der Waals surface area contributed by atoms with Crippen molar-refractivity contribution in [1.82, 2.24) is 10.2 Å². The molecule has 0 radical (unpaired) electrons. The van der Waals surface area contributed by atoms with Gasteiger partial charge in [-0.3, -0.25) is 13.9 Å². The first-order chi connectivity index (χ1) is 19.0. The van der Waals surface area contributed by atoms with E-state index in [1.54, 1.807) is 49.4 Å². The van der Waals surface area contributed by atoms with Crippen LogP contribution >= 0.6 is 23.2 Å². The maximum Gasteiger partial charge on any atom is 0.244 e. The number of likely N-dealkylation sites (N-methyl/N-ethyl adjacent to an activating group) is 1. The first-order valence-corrected chi connectivity index (χ1v) is 15.4. The molecule has 214 valence electrons. The Labute approximate surface area is 245 Å². The normalized spacial score (nSPS) is 11.9. The lowest BCUT2D eigenvalue weighted by atomic mass is 10.0.